The number of carbonyl (C=O) groups is 1. The van der Waals surface area contributed by atoms with E-state index >= 15 is 0 Å². The van der Waals surface area contributed by atoms with Crippen LogP contribution in [0.25, 0.3) is 0 Å². The van der Waals surface area contributed by atoms with Crippen LogP contribution in [-0.2, 0) is 17.8 Å². The van der Waals surface area contributed by atoms with Crippen molar-refractivity contribution >= 4 is 17.5 Å². The van der Waals surface area contributed by atoms with E-state index in [-0.39, 0.29) is 12.3 Å². The monoisotopic (exact) mass is 387 g/mol. The van der Waals surface area contributed by atoms with Crippen LogP contribution in [0.3, 0.4) is 0 Å². The van der Waals surface area contributed by atoms with E-state index in [0.717, 1.165) is 30.2 Å². The molecule has 1 saturated heterocycles. The quantitative estimate of drug-likeness (QED) is 0.697. The van der Waals surface area contributed by atoms with E-state index in [9.17, 15) is 4.79 Å². The SMILES string of the molecule is N#Cc1ccc(Cn2ccc(NC(=O)Cc3ccc(N4CCCC4)nc3)n2)nc1. The Labute approximate surface area is 168 Å². The van der Waals surface area contributed by atoms with E-state index in [4.69, 9.17) is 5.26 Å². The fraction of sp³-hybridized carbons (Fsp3) is 0.286. The Morgan fingerprint density at radius 1 is 1.10 bits per heavy atom. The molecule has 0 saturated carbocycles. The first kappa shape index (κ1) is 18.6. The van der Waals surface area contributed by atoms with Crippen LogP contribution in [0.4, 0.5) is 11.6 Å². The fourth-order valence-corrected chi connectivity index (χ4v) is 3.29. The molecule has 1 aliphatic rings. The van der Waals surface area contributed by atoms with Crippen molar-refractivity contribution in [2.45, 2.75) is 25.8 Å². The molecule has 8 nitrogen and oxygen atoms in total. The van der Waals surface area contributed by atoms with E-state index < -0.39 is 0 Å². The number of nitrogens with zero attached hydrogens (tertiary/aromatic N) is 6. The lowest BCUT2D eigenvalue weighted by atomic mass is 10.2. The molecular weight excluding hydrogens is 366 g/mol. The Kier molecular flexibility index (Phi) is 5.47. The molecule has 1 amide bonds. The van der Waals surface area contributed by atoms with Gasteiger partial charge in [-0.2, -0.15) is 10.4 Å². The average Bonchev–Trinajstić information content (AvgIpc) is 3.42. The highest BCUT2D eigenvalue weighted by Gasteiger charge is 2.13. The van der Waals surface area contributed by atoms with Crippen molar-refractivity contribution in [3.05, 3.63) is 65.7 Å². The van der Waals surface area contributed by atoms with Gasteiger partial charge in [-0.25, -0.2) is 4.98 Å². The molecule has 0 aromatic carbocycles. The van der Waals surface area contributed by atoms with Crippen molar-refractivity contribution in [1.82, 2.24) is 19.7 Å². The van der Waals surface area contributed by atoms with Crippen molar-refractivity contribution < 1.29 is 4.79 Å². The highest BCUT2D eigenvalue weighted by molar-refractivity contribution is 5.91. The van der Waals surface area contributed by atoms with E-state index in [1.807, 2.05) is 18.2 Å². The van der Waals surface area contributed by atoms with E-state index in [2.05, 4.69) is 25.3 Å². The second-order valence-electron chi connectivity index (χ2n) is 6.99. The van der Waals surface area contributed by atoms with Crippen LogP contribution < -0.4 is 10.2 Å². The number of hydrogen-bond donors (Lipinski definition) is 1. The third kappa shape index (κ3) is 4.76. The molecule has 0 spiro atoms. The molecule has 0 aliphatic carbocycles. The largest absolute Gasteiger partial charge is 0.357 e. The minimum atomic E-state index is -0.137. The Morgan fingerprint density at radius 2 is 1.97 bits per heavy atom. The number of nitrogens with one attached hydrogen (secondary N) is 1. The smallest absolute Gasteiger partial charge is 0.230 e. The van der Waals surface area contributed by atoms with Crippen LogP contribution in [0.15, 0.2) is 48.9 Å². The molecule has 1 fully saturated rings. The second kappa shape index (κ2) is 8.52. The van der Waals surface area contributed by atoms with Gasteiger partial charge in [0.1, 0.15) is 11.9 Å². The zero-order chi connectivity index (χ0) is 20.1. The lowest BCUT2D eigenvalue weighted by Gasteiger charge is -2.16. The van der Waals surface area contributed by atoms with Gasteiger partial charge >= 0.3 is 0 Å². The van der Waals surface area contributed by atoms with Crippen molar-refractivity contribution in [2.75, 3.05) is 23.3 Å². The standard InChI is InChI=1S/C21H21N7O/c22-12-17-3-5-18(23-14-17)15-28-10-7-19(26-28)25-21(29)11-16-4-6-20(24-13-16)27-8-1-2-9-27/h3-7,10,13-14H,1-2,8-9,11,15H2,(H,25,26,29). The first-order valence-electron chi connectivity index (χ1n) is 9.58. The highest BCUT2D eigenvalue weighted by atomic mass is 16.1. The lowest BCUT2D eigenvalue weighted by molar-refractivity contribution is -0.115. The first-order chi connectivity index (χ1) is 14.2. The minimum absolute atomic E-state index is 0.137. The molecular formula is C21H21N7O. The number of carbonyl (C=O) groups excluding carboxylic acids is 1. The van der Waals surface area contributed by atoms with Crippen LogP contribution >= 0.6 is 0 Å². The van der Waals surface area contributed by atoms with Crippen molar-refractivity contribution in [3.8, 4) is 6.07 Å². The van der Waals surface area contributed by atoms with Crippen molar-refractivity contribution in [2.24, 2.45) is 0 Å². The van der Waals surface area contributed by atoms with Crippen molar-refractivity contribution in [3.63, 3.8) is 0 Å². The second-order valence-corrected chi connectivity index (χ2v) is 6.99. The van der Waals surface area contributed by atoms with Crippen LogP contribution in [0, 0.1) is 11.3 Å². The van der Waals surface area contributed by atoms with Gasteiger partial charge in [0.25, 0.3) is 0 Å². The normalized spacial score (nSPS) is 13.3. The average molecular weight is 387 g/mol. The Hall–Kier alpha value is -3.73. The summed E-state index contributed by atoms with van der Waals surface area (Å²) in [6.45, 7) is 2.56. The summed E-state index contributed by atoms with van der Waals surface area (Å²) in [5.74, 6) is 1.33. The summed E-state index contributed by atoms with van der Waals surface area (Å²) in [6.07, 6.45) is 7.74. The van der Waals surface area contributed by atoms with Gasteiger partial charge in [0.05, 0.1) is 24.2 Å². The molecule has 0 atom stereocenters. The van der Waals surface area contributed by atoms with Crippen LogP contribution in [0.1, 0.15) is 29.7 Å². The number of anilines is 2. The number of nitriles is 1. The maximum atomic E-state index is 12.3. The Bertz CT molecular complexity index is 1010. The number of aromatic nitrogens is 4. The maximum absolute atomic E-state index is 12.3. The van der Waals surface area contributed by atoms with Gasteiger partial charge in [0, 0.05) is 37.7 Å². The molecule has 4 rings (SSSR count). The van der Waals surface area contributed by atoms with Crippen LogP contribution in [0.5, 0.6) is 0 Å². The molecule has 1 N–H and O–H groups in total. The summed E-state index contributed by atoms with van der Waals surface area (Å²) in [7, 11) is 0. The van der Waals surface area contributed by atoms with Gasteiger partial charge in [-0.1, -0.05) is 6.07 Å². The summed E-state index contributed by atoms with van der Waals surface area (Å²) >= 11 is 0. The number of hydrogen-bond acceptors (Lipinski definition) is 6. The highest BCUT2D eigenvalue weighted by Crippen LogP contribution is 2.18. The molecule has 0 unspecified atom stereocenters. The third-order valence-electron chi connectivity index (χ3n) is 4.79. The zero-order valence-corrected chi connectivity index (χ0v) is 16.0. The van der Waals surface area contributed by atoms with Gasteiger partial charge < -0.3 is 10.2 Å². The van der Waals surface area contributed by atoms with Gasteiger partial charge in [0.15, 0.2) is 5.82 Å². The molecule has 4 heterocycles. The number of rotatable bonds is 6. The van der Waals surface area contributed by atoms with E-state index in [1.54, 1.807) is 35.3 Å². The Balaban J connectivity index is 1.31. The topological polar surface area (TPSA) is 99.7 Å². The Morgan fingerprint density at radius 3 is 2.66 bits per heavy atom. The van der Waals surface area contributed by atoms with Gasteiger partial charge in [-0.15, -0.1) is 0 Å². The number of amides is 1. The summed E-state index contributed by atoms with van der Waals surface area (Å²) in [4.78, 5) is 23.3. The maximum Gasteiger partial charge on any atom is 0.230 e. The van der Waals surface area contributed by atoms with Crippen LogP contribution in [-0.4, -0.2) is 38.7 Å². The molecule has 0 radical (unpaired) electrons. The minimum Gasteiger partial charge on any atom is -0.357 e. The zero-order valence-electron chi connectivity index (χ0n) is 16.0. The van der Waals surface area contributed by atoms with Gasteiger partial charge in [-0.05, 0) is 36.6 Å². The summed E-state index contributed by atoms with van der Waals surface area (Å²) in [6, 6.07) is 11.2. The number of pyridine rings is 2. The van der Waals surface area contributed by atoms with Gasteiger partial charge in [0.2, 0.25) is 5.91 Å². The molecule has 146 valence electrons. The first-order valence-corrected chi connectivity index (χ1v) is 9.58. The molecule has 3 aromatic heterocycles. The summed E-state index contributed by atoms with van der Waals surface area (Å²) < 4.78 is 1.69. The molecule has 0 bridgehead atoms. The third-order valence-corrected chi connectivity index (χ3v) is 4.79. The van der Waals surface area contributed by atoms with Gasteiger partial charge in [-0.3, -0.25) is 14.5 Å². The summed E-state index contributed by atoms with van der Waals surface area (Å²) in [5.41, 5.74) is 2.17. The lowest BCUT2D eigenvalue weighted by Crippen LogP contribution is -2.19. The van der Waals surface area contributed by atoms with Crippen LogP contribution in [0.2, 0.25) is 0 Å². The van der Waals surface area contributed by atoms with E-state index in [0.29, 0.717) is 17.9 Å². The molecule has 3 aromatic rings. The molecule has 29 heavy (non-hydrogen) atoms. The molecule has 1 aliphatic heterocycles. The van der Waals surface area contributed by atoms with E-state index in [1.165, 1.54) is 19.0 Å². The van der Waals surface area contributed by atoms with Crippen molar-refractivity contribution in [1.29, 1.82) is 5.26 Å². The fourth-order valence-electron chi connectivity index (χ4n) is 3.29. The predicted molar refractivity (Wildman–Crippen MR) is 108 cm³/mol. The molecule has 8 heteroatoms. The predicted octanol–water partition coefficient (Wildman–Crippen LogP) is 2.37. The summed E-state index contributed by atoms with van der Waals surface area (Å²) in [5, 5.41) is 16.0.